The molecular weight excluding hydrogens is 452 g/mol. The van der Waals surface area contributed by atoms with E-state index in [9.17, 15) is 9.90 Å². The van der Waals surface area contributed by atoms with Crippen molar-refractivity contribution in [1.82, 2.24) is 4.90 Å². The molecule has 0 atom stereocenters. The van der Waals surface area contributed by atoms with E-state index in [4.69, 9.17) is 21.1 Å². The molecule has 0 bridgehead atoms. The maximum atomic E-state index is 12.6. The Hall–Kier alpha value is -3.51. The van der Waals surface area contributed by atoms with E-state index in [1.165, 1.54) is 12.5 Å². The standard InChI is InChI=1S/C27H27ClN2O4/c1-33-26-15-20(17-29-23-11-10-22(28)16-24(23)31)7-12-25(26)34-18-19-5-8-21(9-6-19)27(32)30-13-3-2-4-14-30/h5-12,15-17,31H,2-4,13-14,18H2,1H3. The first-order chi connectivity index (χ1) is 16.5. The SMILES string of the molecule is COc1cc(C=Nc2ccc(Cl)cc2O)ccc1OCc1ccc(C(=O)N2CCCCC2)cc1. The van der Waals surface area contributed by atoms with E-state index in [2.05, 4.69) is 4.99 Å². The second-order valence-electron chi connectivity index (χ2n) is 8.14. The van der Waals surface area contributed by atoms with Gasteiger partial charge in [0.25, 0.3) is 5.91 Å². The largest absolute Gasteiger partial charge is 0.506 e. The van der Waals surface area contributed by atoms with Crippen LogP contribution in [0, 0.1) is 0 Å². The van der Waals surface area contributed by atoms with E-state index >= 15 is 0 Å². The molecule has 34 heavy (non-hydrogen) atoms. The highest BCUT2D eigenvalue weighted by atomic mass is 35.5. The number of carbonyl (C=O) groups excluding carboxylic acids is 1. The van der Waals surface area contributed by atoms with Crippen LogP contribution in [0.5, 0.6) is 17.2 Å². The van der Waals surface area contributed by atoms with Gasteiger partial charge in [0, 0.05) is 36.0 Å². The number of aromatic hydroxyl groups is 1. The molecule has 4 rings (SSSR count). The number of hydrogen-bond acceptors (Lipinski definition) is 5. The minimum Gasteiger partial charge on any atom is -0.506 e. The van der Waals surface area contributed by atoms with Crippen LogP contribution in [0.2, 0.25) is 5.02 Å². The summed E-state index contributed by atoms with van der Waals surface area (Å²) in [5.74, 6) is 1.28. The van der Waals surface area contributed by atoms with E-state index < -0.39 is 0 Å². The molecular formula is C27H27ClN2O4. The lowest BCUT2D eigenvalue weighted by molar-refractivity contribution is 0.0724. The lowest BCUT2D eigenvalue weighted by Gasteiger charge is -2.26. The zero-order chi connectivity index (χ0) is 23.9. The highest BCUT2D eigenvalue weighted by Gasteiger charge is 2.18. The number of methoxy groups -OCH3 is 1. The summed E-state index contributed by atoms with van der Waals surface area (Å²) in [6, 6.07) is 17.8. The van der Waals surface area contributed by atoms with Crippen molar-refractivity contribution in [2.75, 3.05) is 20.2 Å². The fourth-order valence-corrected chi connectivity index (χ4v) is 3.98. The molecule has 1 aliphatic heterocycles. The Morgan fingerprint density at radius 3 is 2.50 bits per heavy atom. The normalized spacial score (nSPS) is 13.8. The maximum Gasteiger partial charge on any atom is 0.253 e. The summed E-state index contributed by atoms with van der Waals surface area (Å²) in [6.45, 7) is 2.02. The Balaban J connectivity index is 1.39. The van der Waals surface area contributed by atoms with Crippen LogP contribution in [0.15, 0.2) is 65.7 Å². The number of aliphatic imine (C=N–C) groups is 1. The molecule has 7 heteroatoms. The van der Waals surface area contributed by atoms with Crippen LogP contribution in [0.25, 0.3) is 0 Å². The average molecular weight is 479 g/mol. The molecule has 0 spiro atoms. The summed E-state index contributed by atoms with van der Waals surface area (Å²) in [5.41, 5.74) is 2.88. The molecule has 1 saturated heterocycles. The van der Waals surface area contributed by atoms with E-state index in [0.717, 1.165) is 37.1 Å². The molecule has 0 saturated carbocycles. The molecule has 6 nitrogen and oxygen atoms in total. The van der Waals surface area contributed by atoms with Crippen LogP contribution in [-0.2, 0) is 6.61 Å². The minimum atomic E-state index is 0.0133. The predicted octanol–water partition coefficient (Wildman–Crippen LogP) is 6.01. The van der Waals surface area contributed by atoms with E-state index in [-0.39, 0.29) is 11.7 Å². The topological polar surface area (TPSA) is 71.4 Å². The van der Waals surface area contributed by atoms with Crippen molar-refractivity contribution < 1.29 is 19.4 Å². The van der Waals surface area contributed by atoms with Gasteiger partial charge in [-0.2, -0.15) is 0 Å². The molecule has 1 amide bonds. The van der Waals surface area contributed by atoms with Crippen molar-refractivity contribution in [1.29, 1.82) is 0 Å². The quantitative estimate of drug-likeness (QED) is 0.422. The van der Waals surface area contributed by atoms with Crippen molar-refractivity contribution in [3.63, 3.8) is 0 Å². The number of benzene rings is 3. The Morgan fingerprint density at radius 2 is 1.79 bits per heavy atom. The predicted molar refractivity (Wildman–Crippen MR) is 134 cm³/mol. The van der Waals surface area contributed by atoms with Crippen molar-refractivity contribution in [3.8, 4) is 17.2 Å². The van der Waals surface area contributed by atoms with Crippen LogP contribution in [0.4, 0.5) is 5.69 Å². The van der Waals surface area contributed by atoms with Gasteiger partial charge in [-0.05, 0) is 72.9 Å². The Labute approximate surface area is 204 Å². The summed E-state index contributed by atoms with van der Waals surface area (Å²) in [5, 5.41) is 10.4. The fourth-order valence-electron chi connectivity index (χ4n) is 3.82. The number of piperidine rings is 1. The summed E-state index contributed by atoms with van der Waals surface area (Å²) < 4.78 is 11.4. The van der Waals surface area contributed by atoms with Crippen LogP contribution in [-0.4, -0.2) is 42.3 Å². The first-order valence-electron chi connectivity index (χ1n) is 11.2. The second kappa shape index (κ2) is 11.1. The zero-order valence-corrected chi connectivity index (χ0v) is 19.8. The number of hydrogen-bond donors (Lipinski definition) is 1. The van der Waals surface area contributed by atoms with Crippen molar-refractivity contribution in [2.24, 2.45) is 4.99 Å². The highest BCUT2D eigenvalue weighted by molar-refractivity contribution is 6.30. The number of halogens is 1. The molecule has 1 aliphatic rings. The average Bonchev–Trinajstić information content (AvgIpc) is 2.87. The van der Waals surface area contributed by atoms with Gasteiger partial charge in [-0.25, -0.2) is 0 Å². The molecule has 3 aromatic rings. The second-order valence-corrected chi connectivity index (χ2v) is 8.58. The van der Waals surface area contributed by atoms with Gasteiger partial charge in [0.05, 0.1) is 7.11 Å². The fraction of sp³-hybridized carbons (Fsp3) is 0.259. The van der Waals surface area contributed by atoms with Gasteiger partial charge in [-0.1, -0.05) is 23.7 Å². The van der Waals surface area contributed by atoms with Gasteiger partial charge in [-0.3, -0.25) is 9.79 Å². The molecule has 3 aromatic carbocycles. The first-order valence-corrected chi connectivity index (χ1v) is 11.6. The van der Waals surface area contributed by atoms with Gasteiger partial charge in [0.2, 0.25) is 0 Å². The van der Waals surface area contributed by atoms with Gasteiger partial charge < -0.3 is 19.5 Å². The van der Waals surface area contributed by atoms with E-state index in [0.29, 0.717) is 34.4 Å². The number of amides is 1. The Kier molecular flexibility index (Phi) is 7.70. The Morgan fingerprint density at radius 1 is 1.03 bits per heavy atom. The van der Waals surface area contributed by atoms with Gasteiger partial charge >= 0.3 is 0 Å². The summed E-state index contributed by atoms with van der Waals surface area (Å²) in [4.78, 5) is 18.9. The van der Waals surface area contributed by atoms with E-state index in [1.54, 1.807) is 25.5 Å². The molecule has 1 fully saturated rings. The van der Waals surface area contributed by atoms with Crippen molar-refractivity contribution in [2.45, 2.75) is 25.9 Å². The number of nitrogens with zero attached hydrogens (tertiary/aromatic N) is 2. The molecule has 1 heterocycles. The number of phenolic OH excluding ortho intramolecular Hbond substituents is 1. The van der Waals surface area contributed by atoms with Crippen LogP contribution in [0.3, 0.4) is 0 Å². The third-order valence-electron chi connectivity index (χ3n) is 5.72. The Bertz CT molecular complexity index is 1170. The van der Waals surface area contributed by atoms with Gasteiger partial charge in [-0.15, -0.1) is 0 Å². The lowest BCUT2D eigenvalue weighted by atomic mass is 10.1. The molecule has 0 radical (unpaired) electrons. The van der Waals surface area contributed by atoms with Gasteiger partial charge in [0.15, 0.2) is 11.5 Å². The zero-order valence-electron chi connectivity index (χ0n) is 19.0. The molecule has 0 unspecified atom stereocenters. The molecule has 176 valence electrons. The van der Waals surface area contributed by atoms with Crippen LogP contribution >= 0.6 is 11.6 Å². The number of rotatable bonds is 7. The number of carbonyl (C=O) groups is 1. The maximum absolute atomic E-state index is 12.6. The van der Waals surface area contributed by atoms with Crippen molar-refractivity contribution >= 4 is 29.4 Å². The molecule has 1 N–H and O–H groups in total. The number of likely N-dealkylation sites (tertiary alicyclic amines) is 1. The molecule has 0 aliphatic carbocycles. The van der Waals surface area contributed by atoms with Crippen LogP contribution in [0.1, 0.15) is 40.7 Å². The first kappa shape index (κ1) is 23.6. The van der Waals surface area contributed by atoms with Crippen LogP contribution < -0.4 is 9.47 Å². The summed E-state index contributed by atoms with van der Waals surface area (Å²) in [7, 11) is 1.58. The summed E-state index contributed by atoms with van der Waals surface area (Å²) >= 11 is 5.86. The highest BCUT2D eigenvalue weighted by Crippen LogP contribution is 2.31. The number of ether oxygens (including phenoxy) is 2. The van der Waals surface area contributed by atoms with Crippen molar-refractivity contribution in [3.05, 3.63) is 82.4 Å². The third kappa shape index (κ3) is 5.88. The third-order valence-corrected chi connectivity index (χ3v) is 5.95. The molecule has 0 aromatic heterocycles. The van der Waals surface area contributed by atoms with Gasteiger partial charge in [0.1, 0.15) is 18.0 Å². The summed E-state index contributed by atoms with van der Waals surface area (Å²) in [6.07, 6.45) is 4.98. The monoisotopic (exact) mass is 478 g/mol. The number of phenols is 1. The van der Waals surface area contributed by atoms with E-state index in [1.807, 2.05) is 47.4 Å². The minimum absolute atomic E-state index is 0.0133. The lowest BCUT2D eigenvalue weighted by Crippen LogP contribution is -2.35. The smallest absolute Gasteiger partial charge is 0.253 e.